The Balaban J connectivity index is 2.28. The summed E-state index contributed by atoms with van der Waals surface area (Å²) in [7, 11) is 0. The number of hydrogen-bond donors (Lipinski definition) is 0. The van der Waals surface area contributed by atoms with Gasteiger partial charge in [-0.05, 0) is 37.1 Å². The largest absolute Gasteiger partial charge is 0.478 e. The first-order valence-corrected chi connectivity index (χ1v) is 7.43. The summed E-state index contributed by atoms with van der Waals surface area (Å²) >= 11 is 0. The zero-order chi connectivity index (χ0) is 14.6. The molecule has 20 heavy (non-hydrogen) atoms. The number of ether oxygens (including phenoxy) is 1. The highest BCUT2D eigenvalue weighted by molar-refractivity contribution is 5.34. The smallest absolute Gasteiger partial charge is 0.158 e. The molecule has 0 heterocycles. The van der Waals surface area contributed by atoms with Crippen LogP contribution in [0.3, 0.4) is 0 Å². The lowest BCUT2D eigenvalue weighted by atomic mass is 10.1. The average Bonchev–Trinajstić information content (AvgIpc) is 2.50. The molecule has 0 aliphatic rings. The van der Waals surface area contributed by atoms with Gasteiger partial charge in [-0.15, -0.1) is 6.42 Å². The van der Waals surface area contributed by atoms with Gasteiger partial charge >= 0.3 is 0 Å². The lowest BCUT2D eigenvalue weighted by Crippen LogP contribution is -2.13. The molecule has 1 atom stereocenters. The van der Waals surface area contributed by atoms with Crippen molar-refractivity contribution in [1.29, 1.82) is 5.26 Å². The first-order valence-electron chi connectivity index (χ1n) is 7.43. The number of nitriles is 1. The maximum Gasteiger partial charge on any atom is 0.158 e. The SMILES string of the molecule is C#CC(CCCCCCCC)Oc1ccc(C#N)cc1. The molecule has 0 aromatic heterocycles. The first kappa shape index (κ1) is 16.1. The van der Waals surface area contributed by atoms with E-state index in [4.69, 9.17) is 16.4 Å². The second kappa shape index (κ2) is 9.93. The molecule has 106 valence electrons. The zero-order valence-corrected chi connectivity index (χ0v) is 12.3. The van der Waals surface area contributed by atoms with Crippen LogP contribution in [0.2, 0.25) is 0 Å². The monoisotopic (exact) mass is 269 g/mol. The maximum absolute atomic E-state index is 8.74. The Labute approximate surface area is 122 Å². The fourth-order valence-electron chi connectivity index (χ4n) is 2.06. The molecule has 0 saturated heterocycles. The highest BCUT2D eigenvalue weighted by Crippen LogP contribution is 2.16. The van der Waals surface area contributed by atoms with E-state index in [0.717, 1.165) is 18.6 Å². The Bertz CT molecular complexity index is 450. The summed E-state index contributed by atoms with van der Waals surface area (Å²) in [6.07, 6.45) is 13.7. The van der Waals surface area contributed by atoms with E-state index in [1.54, 1.807) is 24.3 Å². The third-order valence-electron chi connectivity index (χ3n) is 3.27. The number of terminal acetylenes is 1. The van der Waals surface area contributed by atoms with Gasteiger partial charge in [-0.2, -0.15) is 5.26 Å². The molecular weight excluding hydrogens is 246 g/mol. The van der Waals surface area contributed by atoms with Crippen molar-refractivity contribution < 1.29 is 4.74 Å². The third kappa shape index (κ3) is 6.30. The molecule has 1 aromatic carbocycles. The molecule has 0 N–H and O–H groups in total. The van der Waals surface area contributed by atoms with E-state index in [-0.39, 0.29) is 6.10 Å². The minimum atomic E-state index is -0.172. The van der Waals surface area contributed by atoms with Gasteiger partial charge in [0, 0.05) is 0 Å². The molecule has 0 aliphatic carbocycles. The summed E-state index contributed by atoms with van der Waals surface area (Å²) in [5, 5.41) is 8.74. The quantitative estimate of drug-likeness (QED) is 0.481. The summed E-state index contributed by atoms with van der Waals surface area (Å²) in [6, 6.07) is 9.16. The highest BCUT2D eigenvalue weighted by Gasteiger charge is 2.06. The van der Waals surface area contributed by atoms with Crippen LogP contribution in [0.4, 0.5) is 0 Å². The van der Waals surface area contributed by atoms with E-state index in [9.17, 15) is 0 Å². The van der Waals surface area contributed by atoms with Gasteiger partial charge in [0.2, 0.25) is 0 Å². The van der Waals surface area contributed by atoms with Gasteiger partial charge in [-0.1, -0.05) is 44.9 Å². The van der Waals surface area contributed by atoms with Gasteiger partial charge in [0.25, 0.3) is 0 Å². The second-order valence-corrected chi connectivity index (χ2v) is 4.97. The summed E-state index contributed by atoms with van der Waals surface area (Å²) < 4.78 is 5.75. The Morgan fingerprint density at radius 3 is 2.35 bits per heavy atom. The van der Waals surface area contributed by atoms with E-state index < -0.39 is 0 Å². The molecule has 2 nitrogen and oxygen atoms in total. The normalized spacial score (nSPS) is 11.3. The van der Waals surface area contributed by atoms with Crippen molar-refractivity contribution in [2.75, 3.05) is 0 Å². The van der Waals surface area contributed by atoms with E-state index in [2.05, 4.69) is 18.9 Å². The molecule has 2 heteroatoms. The van der Waals surface area contributed by atoms with Crippen molar-refractivity contribution in [3.05, 3.63) is 29.8 Å². The van der Waals surface area contributed by atoms with E-state index in [0.29, 0.717) is 5.56 Å². The highest BCUT2D eigenvalue weighted by atomic mass is 16.5. The first-order chi connectivity index (χ1) is 9.80. The Hall–Kier alpha value is -1.93. The van der Waals surface area contributed by atoms with Gasteiger partial charge in [-0.3, -0.25) is 0 Å². The number of nitrogens with zero attached hydrogens (tertiary/aromatic N) is 1. The van der Waals surface area contributed by atoms with Crippen LogP contribution >= 0.6 is 0 Å². The molecule has 0 amide bonds. The molecular formula is C18H23NO. The summed E-state index contributed by atoms with van der Waals surface area (Å²) in [5.74, 6) is 3.43. The number of unbranched alkanes of at least 4 members (excludes halogenated alkanes) is 5. The van der Waals surface area contributed by atoms with Crippen LogP contribution in [-0.4, -0.2) is 6.10 Å². The van der Waals surface area contributed by atoms with Gasteiger partial charge in [0.1, 0.15) is 5.75 Å². The van der Waals surface area contributed by atoms with E-state index in [1.165, 1.54) is 32.1 Å². The Kier molecular flexibility index (Phi) is 8.01. The third-order valence-corrected chi connectivity index (χ3v) is 3.27. The van der Waals surface area contributed by atoms with Crippen molar-refractivity contribution in [3.8, 4) is 24.2 Å². The molecule has 1 unspecified atom stereocenters. The van der Waals surface area contributed by atoms with Crippen LogP contribution in [0.1, 0.15) is 57.4 Å². The molecule has 0 bridgehead atoms. The topological polar surface area (TPSA) is 33.0 Å². The van der Waals surface area contributed by atoms with Gasteiger partial charge in [0.05, 0.1) is 11.6 Å². The van der Waals surface area contributed by atoms with Crippen molar-refractivity contribution >= 4 is 0 Å². The van der Waals surface area contributed by atoms with Crippen LogP contribution in [0.25, 0.3) is 0 Å². The number of benzene rings is 1. The van der Waals surface area contributed by atoms with Crippen LogP contribution in [0, 0.1) is 23.7 Å². The molecule has 0 saturated carbocycles. The van der Waals surface area contributed by atoms with Crippen LogP contribution in [0.15, 0.2) is 24.3 Å². The van der Waals surface area contributed by atoms with Gasteiger partial charge in [0.15, 0.2) is 6.10 Å². The second-order valence-electron chi connectivity index (χ2n) is 4.97. The van der Waals surface area contributed by atoms with Crippen LogP contribution < -0.4 is 4.74 Å². The molecule has 0 radical (unpaired) electrons. The fourth-order valence-corrected chi connectivity index (χ4v) is 2.06. The molecule has 0 fully saturated rings. The lowest BCUT2D eigenvalue weighted by molar-refractivity contribution is 0.242. The summed E-state index contributed by atoms with van der Waals surface area (Å²) in [6.45, 7) is 2.22. The summed E-state index contributed by atoms with van der Waals surface area (Å²) in [4.78, 5) is 0. The molecule has 0 spiro atoms. The van der Waals surface area contributed by atoms with Crippen molar-refractivity contribution in [2.45, 2.75) is 58.0 Å². The minimum absolute atomic E-state index is 0.172. The summed E-state index contributed by atoms with van der Waals surface area (Å²) in [5.41, 5.74) is 0.630. The van der Waals surface area contributed by atoms with Gasteiger partial charge < -0.3 is 4.74 Å². The predicted molar refractivity (Wildman–Crippen MR) is 82.4 cm³/mol. The zero-order valence-electron chi connectivity index (χ0n) is 12.3. The van der Waals surface area contributed by atoms with Crippen LogP contribution in [0.5, 0.6) is 5.75 Å². The van der Waals surface area contributed by atoms with E-state index in [1.807, 2.05) is 0 Å². The molecule has 0 aliphatic heterocycles. The van der Waals surface area contributed by atoms with E-state index >= 15 is 0 Å². The van der Waals surface area contributed by atoms with Crippen molar-refractivity contribution in [2.24, 2.45) is 0 Å². The lowest BCUT2D eigenvalue weighted by Gasteiger charge is -2.13. The predicted octanol–water partition coefficient (Wildman–Crippen LogP) is 4.69. The standard InChI is InChI=1S/C18H23NO/c1-3-5-6-7-8-9-10-17(4-2)20-18-13-11-16(15-19)12-14-18/h2,11-14,17H,3,5-10H2,1H3. The van der Waals surface area contributed by atoms with Crippen molar-refractivity contribution in [1.82, 2.24) is 0 Å². The number of hydrogen-bond acceptors (Lipinski definition) is 2. The van der Waals surface area contributed by atoms with Crippen LogP contribution in [-0.2, 0) is 0 Å². The molecule has 1 rings (SSSR count). The van der Waals surface area contributed by atoms with Crippen molar-refractivity contribution in [3.63, 3.8) is 0 Å². The average molecular weight is 269 g/mol. The molecule has 1 aromatic rings. The fraction of sp³-hybridized carbons (Fsp3) is 0.500. The Morgan fingerprint density at radius 1 is 1.10 bits per heavy atom. The van der Waals surface area contributed by atoms with Gasteiger partial charge in [-0.25, -0.2) is 0 Å². The minimum Gasteiger partial charge on any atom is -0.478 e. The maximum atomic E-state index is 8.74. The Morgan fingerprint density at radius 2 is 1.75 bits per heavy atom. The number of rotatable bonds is 9.